The number of benzene rings is 2. The molecule has 2 bridgehead atoms. The molecule has 2 saturated carbocycles. The van der Waals surface area contributed by atoms with Gasteiger partial charge in [0.1, 0.15) is 5.75 Å². The number of esters is 1. The molecule has 5 heteroatoms. The highest BCUT2D eigenvalue weighted by Crippen LogP contribution is 2.56. The third-order valence-corrected chi connectivity index (χ3v) is 6.67. The van der Waals surface area contributed by atoms with E-state index in [0.29, 0.717) is 28.8 Å². The lowest BCUT2D eigenvalue weighted by atomic mass is 9.81. The molecule has 148 valence electrons. The van der Waals surface area contributed by atoms with Crippen molar-refractivity contribution in [3.05, 3.63) is 59.2 Å². The van der Waals surface area contributed by atoms with Crippen LogP contribution in [0.3, 0.4) is 0 Å². The molecule has 2 aromatic rings. The molecule has 4 unspecified atom stereocenters. The van der Waals surface area contributed by atoms with Gasteiger partial charge in [-0.15, -0.1) is 0 Å². The summed E-state index contributed by atoms with van der Waals surface area (Å²) in [6.07, 6.45) is 3.09. The first-order chi connectivity index (χ1) is 13.9. The van der Waals surface area contributed by atoms with Crippen LogP contribution < -0.4 is 9.64 Å². The zero-order valence-corrected chi connectivity index (χ0v) is 16.6. The summed E-state index contributed by atoms with van der Waals surface area (Å²) in [4.78, 5) is 40.0. The minimum atomic E-state index is -0.504. The third-order valence-electron chi connectivity index (χ3n) is 6.67. The Bertz CT molecular complexity index is 995. The smallest absolute Gasteiger partial charge is 0.343 e. The van der Waals surface area contributed by atoms with E-state index in [1.165, 1.54) is 4.90 Å². The number of carbonyl (C=O) groups is 3. The number of aryl methyl sites for hydroxylation is 2. The minimum absolute atomic E-state index is 0.105. The van der Waals surface area contributed by atoms with E-state index >= 15 is 0 Å². The quantitative estimate of drug-likeness (QED) is 0.451. The van der Waals surface area contributed by atoms with E-state index in [1.807, 2.05) is 19.9 Å². The maximum atomic E-state index is 13.0. The lowest BCUT2D eigenvalue weighted by Gasteiger charge is -2.19. The number of hydrogen-bond acceptors (Lipinski definition) is 4. The van der Waals surface area contributed by atoms with Crippen LogP contribution in [-0.2, 0) is 9.59 Å². The predicted molar refractivity (Wildman–Crippen MR) is 108 cm³/mol. The van der Waals surface area contributed by atoms with Gasteiger partial charge in [0.25, 0.3) is 0 Å². The van der Waals surface area contributed by atoms with Gasteiger partial charge in [-0.3, -0.25) is 14.5 Å². The summed E-state index contributed by atoms with van der Waals surface area (Å²) in [5.74, 6) is 0.0974. The lowest BCUT2D eigenvalue weighted by Crippen LogP contribution is -2.32. The topological polar surface area (TPSA) is 63.7 Å². The van der Waals surface area contributed by atoms with Gasteiger partial charge in [0.15, 0.2) is 0 Å². The number of nitrogens with zero attached hydrogens (tertiary/aromatic N) is 1. The molecule has 3 aliphatic rings. The molecule has 5 rings (SSSR count). The van der Waals surface area contributed by atoms with Crippen LogP contribution in [0.15, 0.2) is 42.5 Å². The molecule has 29 heavy (non-hydrogen) atoms. The van der Waals surface area contributed by atoms with E-state index in [4.69, 9.17) is 4.74 Å². The number of carbonyl (C=O) groups excluding carboxylic acids is 3. The number of hydrogen-bond donors (Lipinski definition) is 0. The van der Waals surface area contributed by atoms with E-state index < -0.39 is 5.97 Å². The first kappa shape index (κ1) is 18.1. The van der Waals surface area contributed by atoms with Crippen molar-refractivity contribution in [1.82, 2.24) is 0 Å². The van der Waals surface area contributed by atoms with Crippen LogP contribution in [0.5, 0.6) is 5.75 Å². The van der Waals surface area contributed by atoms with Crippen molar-refractivity contribution in [3.8, 4) is 5.75 Å². The second kappa shape index (κ2) is 6.55. The number of imide groups is 1. The molecule has 0 spiro atoms. The summed E-state index contributed by atoms with van der Waals surface area (Å²) in [5.41, 5.74) is 2.80. The van der Waals surface area contributed by atoms with Gasteiger partial charge < -0.3 is 4.74 Å². The fourth-order valence-electron chi connectivity index (χ4n) is 5.59. The molecular formula is C24H23NO4. The van der Waals surface area contributed by atoms with Crippen LogP contribution in [0.4, 0.5) is 5.69 Å². The summed E-state index contributed by atoms with van der Waals surface area (Å²) in [6.45, 7) is 3.89. The van der Waals surface area contributed by atoms with Crippen molar-refractivity contribution in [2.24, 2.45) is 23.7 Å². The minimum Gasteiger partial charge on any atom is -0.423 e. The van der Waals surface area contributed by atoms with Gasteiger partial charge in [0.2, 0.25) is 11.8 Å². The lowest BCUT2D eigenvalue weighted by molar-refractivity contribution is -0.123. The van der Waals surface area contributed by atoms with E-state index in [-0.39, 0.29) is 23.7 Å². The maximum absolute atomic E-state index is 13.0. The predicted octanol–water partition coefficient (Wildman–Crippen LogP) is 4.06. The van der Waals surface area contributed by atoms with Gasteiger partial charge >= 0.3 is 5.97 Å². The largest absolute Gasteiger partial charge is 0.423 e. The summed E-state index contributed by atoms with van der Waals surface area (Å²) in [6, 6.07) is 12.3. The van der Waals surface area contributed by atoms with E-state index in [0.717, 1.165) is 30.4 Å². The van der Waals surface area contributed by atoms with Gasteiger partial charge in [-0.25, -0.2) is 4.79 Å². The van der Waals surface area contributed by atoms with Crippen LogP contribution in [0, 0.1) is 37.5 Å². The van der Waals surface area contributed by atoms with Gasteiger partial charge in [0.05, 0.1) is 23.1 Å². The summed E-state index contributed by atoms with van der Waals surface area (Å²) in [5, 5.41) is 0. The number of rotatable bonds is 3. The number of fused-ring (bicyclic) bond motifs is 5. The Morgan fingerprint density at radius 3 is 2.17 bits per heavy atom. The summed E-state index contributed by atoms with van der Waals surface area (Å²) >= 11 is 0. The zero-order valence-electron chi connectivity index (χ0n) is 16.6. The SMILES string of the molecule is Cc1cc(C)cc(OC(=O)c2cccc(N3C(=O)C4C5CCC(C5)C4C3=O)c2)c1. The molecule has 0 N–H and O–H groups in total. The molecule has 1 heterocycles. The second-order valence-electron chi connectivity index (χ2n) is 8.66. The van der Waals surface area contributed by atoms with Crippen LogP contribution in [0.25, 0.3) is 0 Å². The van der Waals surface area contributed by atoms with Crippen LogP contribution in [0.2, 0.25) is 0 Å². The normalized spacial score (nSPS) is 27.4. The van der Waals surface area contributed by atoms with Crippen molar-refractivity contribution < 1.29 is 19.1 Å². The highest BCUT2D eigenvalue weighted by molar-refractivity contribution is 6.22. The first-order valence-corrected chi connectivity index (χ1v) is 10.2. The van der Waals surface area contributed by atoms with Crippen molar-refractivity contribution in [3.63, 3.8) is 0 Å². The van der Waals surface area contributed by atoms with Gasteiger partial charge in [0, 0.05) is 0 Å². The van der Waals surface area contributed by atoms with Crippen molar-refractivity contribution in [1.29, 1.82) is 0 Å². The first-order valence-electron chi connectivity index (χ1n) is 10.2. The van der Waals surface area contributed by atoms with Crippen LogP contribution in [0.1, 0.15) is 40.7 Å². The van der Waals surface area contributed by atoms with E-state index in [1.54, 1.807) is 36.4 Å². The average Bonchev–Trinajstić information content (AvgIpc) is 3.35. The Balaban J connectivity index is 1.41. The number of anilines is 1. The monoisotopic (exact) mass is 389 g/mol. The molecule has 0 aromatic heterocycles. The van der Waals surface area contributed by atoms with Crippen molar-refractivity contribution >= 4 is 23.5 Å². The molecule has 5 nitrogen and oxygen atoms in total. The van der Waals surface area contributed by atoms with Crippen LogP contribution >= 0.6 is 0 Å². The Morgan fingerprint density at radius 1 is 0.931 bits per heavy atom. The Morgan fingerprint density at radius 2 is 1.55 bits per heavy atom. The molecule has 2 aliphatic carbocycles. The molecule has 4 atom stereocenters. The van der Waals surface area contributed by atoms with Crippen molar-refractivity contribution in [2.45, 2.75) is 33.1 Å². The zero-order chi connectivity index (χ0) is 20.3. The highest BCUT2D eigenvalue weighted by atomic mass is 16.5. The molecule has 2 amide bonds. The molecule has 1 aliphatic heterocycles. The Hall–Kier alpha value is -2.95. The fraction of sp³-hybridized carbons (Fsp3) is 0.375. The maximum Gasteiger partial charge on any atom is 0.343 e. The second-order valence-corrected chi connectivity index (χ2v) is 8.66. The van der Waals surface area contributed by atoms with E-state index in [2.05, 4.69) is 0 Å². The molecule has 0 radical (unpaired) electrons. The standard InChI is InChI=1S/C24H23NO4/c1-13-8-14(2)10-19(9-13)29-24(28)17-4-3-5-18(12-17)25-22(26)20-15-6-7-16(11-15)21(20)23(25)27/h3-5,8-10,12,15-16,20-21H,6-7,11H2,1-2H3. The summed E-state index contributed by atoms with van der Waals surface area (Å²) < 4.78 is 5.52. The Labute approximate surface area is 169 Å². The highest BCUT2D eigenvalue weighted by Gasteiger charge is 2.61. The fourth-order valence-corrected chi connectivity index (χ4v) is 5.59. The number of amides is 2. The van der Waals surface area contributed by atoms with Crippen molar-refractivity contribution in [2.75, 3.05) is 4.90 Å². The number of ether oxygens (including phenoxy) is 1. The van der Waals surface area contributed by atoms with Crippen LogP contribution in [-0.4, -0.2) is 17.8 Å². The van der Waals surface area contributed by atoms with Gasteiger partial charge in [-0.2, -0.15) is 0 Å². The molecular weight excluding hydrogens is 366 g/mol. The Kier molecular flexibility index (Phi) is 4.09. The summed E-state index contributed by atoms with van der Waals surface area (Å²) in [7, 11) is 0. The van der Waals surface area contributed by atoms with Gasteiger partial charge in [-0.05, 0) is 86.4 Å². The van der Waals surface area contributed by atoms with E-state index in [9.17, 15) is 14.4 Å². The average molecular weight is 389 g/mol. The third kappa shape index (κ3) is 2.87. The molecule has 2 aromatic carbocycles. The molecule has 3 fully saturated rings. The molecule has 1 saturated heterocycles. The van der Waals surface area contributed by atoms with Gasteiger partial charge in [-0.1, -0.05) is 12.1 Å².